The van der Waals surface area contributed by atoms with E-state index in [9.17, 15) is 14.7 Å². The highest BCUT2D eigenvalue weighted by molar-refractivity contribution is 6.46. The molecule has 0 saturated carbocycles. The molecule has 1 amide bonds. The van der Waals surface area contributed by atoms with Gasteiger partial charge in [-0.25, -0.2) is 0 Å². The van der Waals surface area contributed by atoms with Crippen LogP contribution < -0.4 is 14.2 Å². The molecule has 1 saturated heterocycles. The average Bonchev–Trinajstić information content (AvgIpc) is 3.13. The molecule has 0 aliphatic carbocycles. The van der Waals surface area contributed by atoms with E-state index in [0.717, 1.165) is 19.4 Å². The van der Waals surface area contributed by atoms with Gasteiger partial charge in [0.05, 0.1) is 32.4 Å². The molecule has 194 valence electrons. The summed E-state index contributed by atoms with van der Waals surface area (Å²) in [6.07, 6.45) is 2.63. The van der Waals surface area contributed by atoms with Crippen LogP contribution in [-0.4, -0.2) is 74.6 Å². The molecule has 1 N–H and O–H groups in total. The van der Waals surface area contributed by atoms with E-state index in [0.29, 0.717) is 47.9 Å². The van der Waals surface area contributed by atoms with Crippen molar-refractivity contribution in [2.24, 2.45) is 0 Å². The van der Waals surface area contributed by atoms with Gasteiger partial charge < -0.3 is 29.1 Å². The van der Waals surface area contributed by atoms with Crippen LogP contribution in [0.3, 0.4) is 0 Å². The molecule has 0 bridgehead atoms. The van der Waals surface area contributed by atoms with E-state index in [4.69, 9.17) is 14.2 Å². The fourth-order valence-corrected chi connectivity index (χ4v) is 4.24. The number of aliphatic hydroxyl groups excluding tert-OH is 1. The molecule has 1 heterocycles. The minimum Gasteiger partial charge on any atom is -0.507 e. The third-order valence-electron chi connectivity index (χ3n) is 6.17. The summed E-state index contributed by atoms with van der Waals surface area (Å²) >= 11 is 0. The van der Waals surface area contributed by atoms with Crippen LogP contribution in [0.5, 0.6) is 17.2 Å². The number of ether oxygens (including phenoxy) is 3. The molecular weight excluding hydrogens is 460 g/mol. The number of hydrogen-bond donors (Lipinski definition) is 1. The van der Waals surface area contributed by atoms with Crippen LogP contribution >= 0.6 is 0 Å². The van der Waals surface area contributed by atoms with Crippen molar-refractivity contribution in [2.45, 2.75) is 32.2 Å². The number of amides is 1. The first-order valence-corrected chi connectivity index (χ1v) is 12.2. The normalized spacial score (nSPS) is 17.1. The van der Waals surface area contributed by atoms with Crippen molar-refractivity contribution in [1.82, 2.24) is 9.80 Å². The van der Waals surface area contributed by atoms with Crippen LogP contribution in [0.15, 0.2) is 48.0 Å². The number of rotatable bonds is 12. The minimum atomic E-state index is -0.822. The van der Waals surface area contributed by atoms with Gasteiger partial charge in [-0.15, -0.1) is 0 Å². The highest BCUT2D eigenvalue weighted by atomic mass is 16.5. The van der Waals surface area contributed by atoms with Crippen molar-refractivity contribution in [1.29, 1.82) is 0 Å². The van der Waals surface area contributed by atoms with Crippen LogP contribution in [-0.2, 0) is 9.59 Å². The number of benzene rings is 2. The van der Waals surface area contributed by atoms with Crippen LogP contribution in [0.1, 0.15) is 43.4 Å². The smallest absolute Gasteiger partial charge is 0.295 e. The van der Waals surface area contributed by atoms with Crippen LogP contribution in [0.25, 0.3) is 5.76 Å². The Labute approximate surface area is 213 Å². The van der Waals surface area contributed by atoms with Gasteiger partial charge in [-0.3, -0.25) is 9.59 Å². The van der Waals surface area contributed by atoms with Gasteiger partial charge >= 0.3 is 0 Å². The zero-order chi connectivity index (χ0) is 26.2. The fourth-order valence-electron chi connectivity index (χ4n) is 4.24. The molecule has 0 aromatic heterocycles. The number of nitrogens with zero attached hydrogens (tertiary/aromatic N) is 2. The molecular formula is C28H36N2O6. The highest BCUT2D eigenvalue weighted by Crippen LogP contribution is 2.44. The lowest BCUT2D eigenvalue weighted by atomic mass is 9.94. The lowest BCUT2D eigenvalue weighted by molar-refractivity contribution is -0.140. The summed E-state index contributed by atoms with van der Waals surface area (Å²) < 4.78 is 16.7. The number of methoxy groups -OCH3 is 2. The van der Waals surface area contributed by atoms with Crippen LogP contribution in [0, 0.1) is 0 Å². The van der Waals surface area contributed by atoms with E-state index in [2.05, 4.69) is 6.92 Å². The summed E-state index contributed by atoms with van der Waals surface area (Å²) in [5, 5.41) is 11.3. The van der Waals surface area contributed by atoms with Crippen LogP contribution in [0.4, 0.5) is 0 Å². The predicted molar refractivity (Wildman–Crippen MR) is 139 cm³/mol. The summed E-state index contributed by atoms with van der Waals surface area (Å²) in [5.74, 6) is 0.109. The summed E-state index contributed by atoms with van der Waals surface area (Å²) in [4.78, 5) is 30.0. The monoisotopic (exact) mass is 496 g/mol. The third kappa shape index (κ3) is 5.99. The molecule has 2 aromatic carbocycles. The Balaban J connectivity index is 2.08. The van der Waals surface area contributed by atoms with Crippen molar-refractivity contribution in [3.05, 3.63) is 59.2 Å². The Morgan fingerprint density at radius 2 is 1.69 bits per heavy atom. The number of likely N-dealkylation sites (tertiary alicyclic amines) is 1. The lowest BCUT2D eigenvalue weighted by Crippen LogP contribution is -2.32. The fraction of sp³-hybridized carbons (Fsp3) is 0.429. The zero-order valence-corrected chi connectivity index (χ0v) is 21.7. The van der Waals surface area contributed by atoms with Gasteiger partial charge in [-0.1, -0.05) is 13.3 Å². The second kappa shape index (κ2) is 12.4. The topological polar surface area (TPSA) is 88.5 Å². The third-order valence-corrected chi connectivity index (χ3v) is 6.17. The lowest BCUT2D eigenvalue weighted by Gasteiger charge is -2.27. The van der Waals surface area contributed by atoms with E-state index >= 15 is 0 Å². The predicted octanol–water partition coefficient (Wildman–Crippen LogP) is 4.26. The van der Waals surface area contributed by atoms with Gasteiger partial charge in [-0.2, -0.15) is 0 Å². The van der Waals surface area contributed by atoms with Gasteiger partial charge in [0.15, 0.2) is 0 Å². The molecule has 36 heavy (non-hydrogen) atoms. The maximum absolute atomic E-state index is 13.3. The summed E-state index contributed by atoms with van der Waals surface area (Å²) in [5.41, 5.74) is 1.02. The number of unbranched alkanes of at least 4 members (excludes halogenated alkanes) is 1. The molecule has 0 radical (unpaired) electrons. The molecule has 2 aromatic rings. The summed E-state index contributed by atoms with van der Waals surface area (Å²) in [6.45, 7) is 3.78. The van der Waals surface area contributed by atoms with Gasteiger partial charge in [0, 0.05) is 17.7 Å². The van der Waals surface area contributed by atoms with E-state index in [1.54, 1.807) is 49.6 Å². The molecule has 8 heteroatoms. The molecule has 0 spiro atoms. The van der Waals surface area contributed by atoms with E-state index in [-0.39, 0.29) is 11.3 Å². The van der Waals surface area contributed by atoms with E-state index in [1.165, 1.54) is 12.0 Å². The standard InChI is InChI=1S/C28H36N2O6/c1-6-7-17-36-20-11-9-19(10-12-20)26(31)24-25(22-18-21(34-4)13-14-23(22)35-5)30(28(33)27(24)32)16-8-15-29(2)3/h9-14,18,25,31H,6-8,15-17H2,1-5H3/t25-/m0/s1. The van der Waals surface area contributed by atoms with Gasteiger partial charge in [0.1, 0.15) is 23.0 Å². The maximum Gasteiger partial charge on any atom is 0.295 e. The first-order valence-electron chi connectivity index (χ1n) is 12.2. The second-order valence-electron chi connectivity index (χ2n) is 8.98. The molecule has 1 aliphatic rings. The molecule has 8 nitrogen and oxygen atoms in total. The molecule has 3 rings (SSSR count). The van der Waals surface area contributed by atoms with Gasteiger partial charge in [-0.05, 0) is 75.9 Å². The minimum absolute atomic E-state index is 0.0241. The number of hydrogen-bond acceptors (Lipinski definition) is 7. The summed E-state index contributed by atoms with van der Waals surface area (Å²) in [6, 6.07) is 11.3. The Bertz CT molecular complexity index is 1090. The molecule has 1 fully saturated rings. The second-order valence-corrected chi connectivity index (χ2v) is 8.98. The first kappa shape index (κ1) is 27.1. The number of carbonyl (C=O) groups is 2. The van der Waals surface area contributed by atoms with Crippen molar-refractivity contribution in [3.8, 4) is 17.2 Å². The number of aliphatic hydroxyl groups is 1. The van der Waals surface area contributed by atoms with Crippen LogP contribution in [0.2, 0.25) is 0 Å². The van der Waals surface area contributed by atoms with Crippen molar-refractivity contribution < 1.29 is 28.9 Å². The number of ketones is 1. The van der Waals surface area contributed by atoms with E-state index in [1.807, 2.05) is 19.0 Å². The number of Topliss-reactive ketones (excluding diaryl/α,β-unsaturated/α-hetero) is 1. The van der Waals surface area contributed by atoms with Gasteiger partial charge in [0.25, 0.3) is 11.7 Å². The highest BCUT2D eigenvalue weighted by Gasteiger charge is 2.47. The zero-order valence-electron chi connectivity index (χ0n) is 21.7. The quantitative estimate of drug-likeness (QED) is 0.203. The Kier molecular flexibility index (Phi) is 9.36. The number of carbonyl (C=O) groups excluding carboxylic acids is 2. The molecule has 0 unspecified atom stereocenters. The Morgan fingerprint density at radius 3 is 2.31 bits per heavy atom. The molecule has 1 aliphatic heterocycles. The maximum atomic E-state index is 13.3. The molecule has 1 atom stereocenters. The average molecular weight is 497 g/mol. The Hall–Kier alpha value is -3.52. The first-order chi connectivity index (χ1) is 17.3. The SMILES string of the molecule is CCCCOc1ccc(C(O)=C2C(=O)C(=O)N(CCCN(C)C)[C@H]2c2cc(OC)ccc2OC)cc1. The largest absolute Gasteiger partial charge is 0.507 e. The van der Waals surface area contributed by atoms with Crippen molar-refractivity contribution in [2.75, 3.05) is 48.0 Å². The van der Waals surface area contributed by atoms with Gasteiger partial charge in [0.2, 0.25) is 0 Å². The van der Waals surface area contributed by atoms with Crippen molar-refractivity contribution in [3.63, 3.8) is 0 Å². The summed E-state index contributed by atoms with van der Waals surface area (Å²) in [7, 11) is 6.98. The van der Waals surface area contributed by atoms with E-state index < -0.39 is 17.7 Å². The Morgan fingerprint density at radius 1 is 1.00 bits per heavy atom. The van der Waals surface area contributed by atoms with Crippen molar-refractivity contribution >= 4 is 17.4 Å².